The zero-order chi connectivity index (χ0) is 22.1. The van der Waals surface area contributed by atoms with Crippen LogP contribution in [0, 0.1) is 46.3 Å². The molecule has 4 rings (SSSR count). The van der Waals surface area contributed by atoms with Gasteiger partial charge in [-0.05, 0) is 105 Å². The highest BCUT2D eigenvalue weighted by molar-refractivity contribution is 5.66. The van der Waals surface area contributed by atoms with E-state index in [2.05, 4.69) is 20.8 Å². The normalized spacial score (nSPS) is 54.0. The van der Waals surface area contributed by atoms with Gasteiger partial charge in [0, 0.05) is 6.42 Å². The monoisotopic (exact) mass is 422 g/mol. The topological polar surface area (TPSA) is 98.0 Å². The van der Waals surface area contributed by atoms with Crippen molar-refractivity contribution in [2.24, 2.45) is 46.3 Å². The Kier molecular flexibility index (Phi) is 5.60. The van der Waals surface area contributed by atoms with Gasteiger partial charge in [-0.1, -0.05) is 20.8 Å². The van der Waals surface area contributed by atoms with E-state index in [4.69, 9.17) is 5.11 Å². The van der Waals surface area contributed by atoms with E-state index >= 15 is 0 Å². The van der Waals surface area contributed by atoms with Crippen molar-refractivity contribution in [3.63, 3.8) is 0 Å². The van der Waals surface area contributed by atoms with Gasteiger partial charge in [-0.3, -0.25) is 4.79 Å². The highest BCUT2D eigenvalue weighted by Crippen LogP contribution is 2.70. The molecule has 4 saturated carbocycles. The fourth-order valence-electron chi connectivity index (χ4n) is 9.07. The minimum atomic E-state index is -0.781. The summed E-state index contributed by atoms with van der Waals surface area (Å²) in [5.74, 6) is 0.818. The lowest BCUT2D eigenvalue weighted by molar-refractivity contribution is -0.237. The van der Waals surface area contributed by atoms with Crippen LogP contribution in [0.5, 0.6) is 0 Å². The number of aliphatic hydroxyl groups excluding tert-OH is 2. The SMILES string of the molecule is CC(CCC(=O)O)[C@H]1CCC2C3C(C[C@H](O)[C@@]21C)[C@@]1(C)CC[C@@H](O)CC1C[C@@]3(C)O. The Hall–Kier alpha value is -0.650. The van der Waals surface area contributed by atoms with Gasteiger partial charge in [-0.25, -0.2) is 0 Å². The van der Waals surface area contributed by atoms with Crippen molar-refractivity contribution in [3.8, 4) is 0 Å². The third-order valence-corrected chi connectivity index (χ3v) is 10.7. The number of hydrogen-bond acceptors (Lipinski definition) is 4. The summed E-state index contributed by atoms with van der Waals surface area (Å²) >= 11 is 0. The first kappa shape index (κ1) is 22.5. The van der Waals surface area contributed by atoms with Gasteiger partial charge in [-0.15, -0.1) is 0 Å². The fourth-order valence-corrected chi connectivity index (χ4v) is 9.07. The summed E-state index contributed by atoms with van der Waals surface area (Å²) in [6.07, 6.45) is 6.20. The van der Waals surface area contributed by atoms with Crippen LogP contribution in [0.25, 0.3) is 0 Å². The van der Waals surface area contributed by atoms with Crippen LogP contribution in [0.3, 0.4) is 0 Å². The molecular formula is C25H42O5. The summed E-state index contributed by atoms with van der Waals surface area (Å²) in [4.78, 5) is 11.1. The number of fused-ring (bicyclic) bond motifs is 5. The fraction of sp³-hybridized carbons (Fsp3) is 0.960. The van der Waals surface area contributed by atoms with Crippen LogP contribution in [0.2, 0.25) is 0 Å². The van der Waals surface area contributed by atoms with Crippen molar-refractivity contribution < 1.29 is 25.2 Å². The van der Waals surface area contributed by atoms with Crippen LogP contribution in [0.4, 0.5) is 0 Å². The van der Waals surface area contributed by atoms with Crippen molar-refractivity contribution in [3.05, 3.63) is 0 Å². The molecule has 0 bridgehead atoms. The average Bonchev–Trinajstić information content (AvgIpc) is 3.00. The first-order valence-electron chi connectivity index (χ1n) is 12.2. The molecule has 0 aromatic rings. The predicted molar refractivity (Wildman–Crippen MR) is 115 cm³/mol. The van der Waals surface area contributed by atoms with E-state index in [9.17, 15) is 20.1 Å². The molecule has 0 aliphatic heterocycles. The smallest absolute Gasteiger partial charge is 0.303 e. The lowest BCUT2D eigenvalue weighted by Crippen LogP contribution is -2.65. The molecule has 0 radical (unpaired) electrons. The second kappa shape index (κ2) is 7.45. The quantitative estimate of drug-likeness (QED) is 0.552. The first-order valence-corrected chi connectivity index (χ1v) is 12.2. The Morgan fingerprint density at radius 1 is 1.07 bits per heavy atom. The van der Waals surface area contributed by atoms with Crippen LogP contribution >= 0.6 is 0 Å². The summed E-state index contributed by atoms with van der Waals surface area (Å²) in [5, 5.41) is 42.7. The van der Waals surface area contributed by atoms with Crippen LogP contribution in [0.1, 0.15) is 85.5 Å². The molecule has 5 unspecified atom stereocenters. The molecule has 5 heteroatoms. The van der Waals surface area contributed by atoms with Crippen LogP contribution in [-0.2, 0) is 4.79 Å². The molecule has 30 heavy (non-hydrogen) atoms. The van der Waals surface area contributed by atoms with Gasteiger partial charge in [0.1, 0.15) is 0 Å². The molecule has 0 aromatic heterocycles. The van der Waals surface area contributed by atoms with Crippen molar-refractivity contribution in [1.29, 1.82) is 0 Å². The van der Waals surface area contributed by atoms with Crippen molar-refractivity contribution >= 4 is 5.97 Å². The Labute approximate surface area is 181 Å². The van der Waals surface area contributed by atoms with Crippen molar-refractivity contribution in [2.45, 2.75) is 103 Å². The zero-order valence-electron chi connectivity index (χ0n) is 19.2. The molecule has 0 aromatic carbocycles. The molecule has 0 amide bonds. The summed E-state index contributed by atoms with van der Waals surface area (Å²) in [7, 11) is 0. The maximum atomic E-state index is 11.7. The highest BCUT2D eigenvalue weighted by atomic mass is 16.4. The maximum absolute atomic E-state index is 11.7. The van der Waals surface area contributed by atoms with Gasteiger partial charge in [0.25, 0.3) is 0 Å². The molecule has 0 heterocycles. The first-order chi connectivity index (χ1) is 13.9. The van der Waals surface area contributed by atoms with E-state index in [1.807, 2.05) is 6.92 Å². The minimum absolute atomic E-state index is 0.0709. The largest absolute Gasteiger partial charge is 0.481 e. The molecule has 4 fully saturated rings. The standard InChI is InChI=1S/C25H42O5/c1-14(5-8-21(28)29)17-6-7-18-22-19(12-20(27)25(17,18)4)23(2)10-9-16(26)11-15(23)13-24(22,3)30/h14-20,22,26-27,30H,5-13H2,1-4H3,(H,28,29)/t14?,15?,16-,17-,18?,19?,20+,22?,23+,24-,25-/m1/s1. The van der Waals surface area contributed by atoms with Gasteiger partial charge >= 0.3 is 5.97 Å². The summed E-state index contributed by atoms with van der Waals surface area (Å²) < 4.78 is 0. The molecular weight excluding hydrogens is 380 g/mol. The zero-order valence-corrected chi connectivity index (χ0v) is 19.2. The Balaban J connectivity index is 1.65. The Morgan fingerprint density at radius 2 is 1.77 bits per heavy atom. The number of aliphatic carboxylic acids is 1. The number of carboxylic acids is 1. The van der Waals surface area contributed by atoms with E-state index in [0.29, 0.717) is 18.3 Å². The molecule has 0 spiro atoms. The summed E-state index contributed by atoms with van der Waals surface area (Å²) in [6, 6.07) is 0. The third kappa shape index (κ3) is 3.26. The molecule has 0 saturated heterocycles. The van der Waals surface area contributed by atoms with Crippen molar-refractivity contribution in [2.75, 3.05) is 0 Å². The predicted octanol–water partition coefficient (Wildman–Crippen LogP) is 3.84. The van der Waals surface area contributed by atoms with Gasteiger partial charge < -0.3 is 20.4 Å². The van der Waals surface area contributed by atoms with Crippen molar-refractivity contribution in [1.82, 2.24) is 0 Å². The molecule has 172 valence electrons. The molecule has 4 aliphatic rings. The average molecular weight is 423 g/mol. The highest BCUT2D eigenvalue weighted by Gasteiger charge is 2.68. The second-order valence-electron chi connectivity index (χ2n) is 12.1. The molecule has 5 nitrogen and oxygen atoms in total. The Bertz CT molecular complexity index is 676. The van der Waals surface area contributed by atoms with E-state index in [1.54, 1.807) is 0 Å². The second-order valence-corrected chi connectivity index (χ2v) is 12.1. The molecule has 11 atom stereocenters. The molecule has 4 N–H and O–H groups in total. The van der Waals surface area contributed by atoms with Gasteiger partial charge in [0.05, 0.1) is 17.8 Å². The number of rotatable bonds is 4. The molecule has 4 aliphatic carbocycles. The van der Waals surface area contributed by atoms with E-state index in [-0.39, 0.29) is 47.0 Å². The number of hydrogen-bond donors (Lipinski definition) is 4. The third-order valence-electron chi connectivity index (χ3n) is 10.7. The summed E-state index contributed by atoms with van der Waals surface area (Å²) in [5.41, 5.74) is -0.973. The Morgan fingerprint density at radius 3 is 2.43 bits per heavy atom. The van der Waals surface area contributed by atoms with Crippen LogP contribution in [-0.4, -0.2) is 44.2 Å². The van der Waals surface area contributed by atoms with Gasteiger partial charge in [0.15, 0.2) is 0 Å². The van der Waals surface area contributed by atoms with Gasteiger partial charge in [-0.2, -0.15) is 0 Å². The van der Waals surface area contributed by atoms with Crippen LogP contribution < -0.4 is 0 Å². The maximum Gasteiger partial charge on any atom is 0.303 e. The summed E-state index contributed by atoms with van der Waals surface area (Å²) in [6.45, 7) is 8.74. The lowest BCUT2D eigenvalue weighted by atomic mass is 9.41. The number of aliphatic hydroxyl groups is 3. The van der Waals surface area contributed by atoms with E-state index in [1.165, 1.54) is 0 Å². The van der Waals surface area contributed by atoms with Gasteiger partial charge in [0.2, 0.25) is 0 Å². The number of carboxylic acid groups (broad SMARTS) is 1. The van der Waals surface area contributed by atoms with Crippen LogP contribution in [0.15, 0.2) is 0 Å². The number of carbonyl (C=O) groups is 1. The lowest BCUT2D eigenvalue weighted by Gasteiger charge is -2.66. The van der Waals surface area contributed by atoms with E-state index < -0.39 is 17.7 Å². The minimum Gasteiger partial charge on any atom is -0.481 e. The van der Waals surface area contributed by atoms with E-state index in [0.717, 1.165) is 44.9 Å².